The molecule has 0 amide bonds. The van der Waals surface area contributed by atoms with Crippen molar-refractivity contribution < 1.29 is 28.6 Å². The van der Waals surface area contributed by atoms with Crippen LogP contribution in [0.1, 0.15) is 233 Å². The Balaban J connectivity index is 4.41. The number of esters is 3. The minimum absolute atomic E-state index is 0.112. The maximum atomic E-state index is 12.7. The summed E-state index contributed by atoms with van der Waals surface area (Å²) >= 11 is 0. The molecule has 0 bridgehead atoms. The molecule has 0 fully saturated rings. The topological polar surface area (TPSA) is 78.9 Å². The van der Waals surface area contributed by atoms with Crippen LogP contribution in [0.25, 0.3) is 0 Å². The van der Waals surface area contributed by atoms with Gasteiger partial charge in [-0.3, -0.25) is 14.4 Å². The van der Waals surface area contributed by atoms with Gasteiger partial charge in [0.2, 0.25) is 0 Å². The number of hydrogen-bond donors (Lipinski definition) is 0. The molecule has 0 saturated heterocycles. The van der Waals surface area contributed by atoms with Crippen molar-refractivity contribution in [3.63, 3.8) is 0 Å². The smallest absolute Gasteiger partial charge is 0.309 e. The van der Waals surface area contributed by atoms with Crippen molar-refractivity contribution in [1.82, 2.24) is 0 Å². The molecule has 1 atom stereocenters. The van der Waals surface area contributed by atoms with Gasteiger partial charge < -0.3 is 14.2 Å². The minimum Gasteiger partial charge on any atom is -0.462 e. The molecule has 0 aromatic rings. The average Bonchev–Trinajstić information content (AvgIpc) is 3.24. The molecule has 0 N–H and O–H groups in total. The van der Waals surface area contributed by atoms with Crippen LogP contribution in [0.3, 0.4) is 0 Å². The number of allylic oxidation sites excluding steroid dienone is 11. The van der Waals surface area contributed by atoms with E-state index in [1.165, 1.54) is 116 Å². The third-order valence-corrected chi connectivity index (χ3v) is 10.5. The SMILES string of the molecule is CC/C=C\C/C=C\C/C=C\CC(=O)OCC(COC(=O)CCCCCCC/C=C\C=C/CCCCCCCCC)OC(=O)CCCCCCCCC/C=C\CCCCCC. The van der Waals surface area contributed by atoms with Crippen LogP contribution in [0.2, 0.25) is 0 Å². The normalized spacial score (nSPS) is 12.7. The van der Waals surface area contributed by atoms with Gasteiger partial charge in [0, 0.05) is 12.8 Å². The van der Waals surface area contributed by atoms with Gasteiger partial charge in [-0.15, -0.1) is 0 Å². The highest BCUT2D eigenvalue weighted by Crippen LogP contribution is 2.13. The van der Waals surface area contributed by atoms with Gasteiger partial charge in [0.25, 0.3) is 0 Å². The first kappa shape index (κ1) is 56.9. The average molecular weight is 837 g/mol. The highest BCUT2D eigenvalue weighted by atomic mass is 16.6. The summed E-state index contributed by atoms with van der Waals surface area (Å²) < 4.78 is 16.6. The third kappa shape index (κ3) is 45.9. The van der Waals surface area contributed by atoms with E-state index in [-0.39, 0.29) is 31.6 Å². The molecule has 60 heavy (non-hydrogen) atoms. The van der Waals surface area contributed by atoms with E-state index >= 15 is 0 Å². The quantitative estimate of drug-likeness (QED) is 0.0200. The predicted octanol–water partition coefficient (Wildman–Crippen LogP) is 16.3. The van der Waals surface area contributed by atoms with Crippen molar-refractivity contribution in [2.45, 2.75) is 239 Å². The zero-order chi connectivity index (χ0) is 43.7. The van der Waals surface area contributed by atoms with Gasteiger partial charge in [-0.2, -0.15) is 0 Å². The van der Waals surface area contributed by atoms with Gasteiger partial charge >= 0.3 is 17.9 Å². The van der Waals surface area contributed by atoms with Crippen molar-refractivity contribution in [1.29, 1.82) is 0 Å². The summed E-state index contributed by atoms with van der Waals surface area (Å²) in [6.45, 7) is 6.38. The number of ether oxygens (including phenoxy) is 3. The molecule has 0 radical (unpaired) electrons. The molecule has 0 aliphatic carbocycles. The first-order valence-corrected chi connectivity index (χ1v) is 25.0. The van der Waals surface area contributed by atoms with Crippen LogP contribution in [-0.2, 0) is 28.6 Å². The molecule has 0 spiro atoms. The standard InChI is InChI=1S/C54H92O6/c1-4-7-10-13-16-19-21-23-25-26-27-29-30-32-35-38-41-44-47-53(56)59-50-51(49-58-52(55)46-43-40-37-34-18-15-12-9-6-3)60-54(57)48-45-42-39-36-33-31-28-24-22-20-17-14-11-8-5-2/h9,12,18,20,22,25-27,29,34,40,43,51H,4-8,10-11,13-17,19,21,23-24,28,30-33,35-39,41-42,44-50H2,1-3H3/b12-9-,22-20-,26-25-,29-27-,34-18-,43-40-. The van der Waals surface area contributed by atoms with Gasteiger partial charge in [-0.05, 0) is 83.5 Å². The summed E-state index contributed by atoms with van der Waals surface area (Å²) in [5.74, 6) is -1.06. The van der Waals surface area contributed by atoms with Crippen LogP contribution in [-0.4, -0.2) is 37.2 Å². The minimum atomic E-state index is -0.818. The largest absolute Gasteiger partial charge is 0.462 e. The Morgan fingerprint density at radius 3 is 1.27 bits per heavy atom. The van der Waals surface area contributed by atoms with Crippen LogP contribution in [0.4, 0.5) is 0 Å². The lowest BCUT2D eigenvalue weighted by Crippen LogP contribution is -2.30. The van der Waals surface area contributed by atoms with Crippen LogP contribution >= 0.6 is 0 Å². The maximum Gasteiger partial charge on any atom is 0.309 e. The fourth-order valence-corrected chi connectivity index (χ4v) is 6.72. The molecule has 6 nitrogen and oxygen atoms in total. The lowest BCUT2D eigenvalue weighted by atomic mass is 10.1. The lowest BCUT2D eigenvalue weighted by molar-refractivity contribution is -0.166. The molecule has 1 unspecified atom stereocenters. The van der Waals surface area contributed by atoms with E-state index in [4.69, 9.17) is 14.2 Å². The van der Waals surface area contributed by atoms with Crippen LogP contribution in [0.5, 0.6) is 0 Å². The van der Waals surface area contributed by atoms with Crippen molar-refractivity contribution in [2.24, 2.45) is 0 Å². The summed E-state index contributed by atoms with van der Waals surface area (Å²) in [4.78, 5) is 37.8. The maximum absolute atomic E-state index is 12.7. The molecular weight excluding hydrogens is 745 g/mol. The Kier molecular flexibility index (Phi) is 46.0. The highest BCUT2D eigenvalue weighted by Gasteiger charge is 2.19. The van der Waals surface area contributed by atoms with Gasteiger partial charge in [0.15, 0.2) is 6.10 Å². The molecule has 0 heterocycles. The zero-order valence-corrected chi connectivity index (χ0v) is 39.2. The highest BCUT2D eigenvalue weighted by molar-refractivity contribution is 5.72. The fourth-order valence-electron chi connectivity index (χ4n) is 6.72. The molecule has 0 aliphatic rings. The van der Waals surface area contributed by atoms with E-state index in [2.05, 4.69) is 81.5 Å². The van der Waals surface area contributed by atoms with E-state index in [9.17, 15) is 14.4 Å². The van der Waals surface area contributed by atoms with Gasteiger partial charge in [0.05, 0.1) is 6.42 Å². The molecule has 0 aromatic carbocycles. The number of rotatable bonds is 44. The van der Waals surface area contributed by atoms with E-state index < -0.39 is 12.1 Å². The van der Waals surface area contributed by atoms with Gasteiger partial charge in [0.1, 0.15) is 13.2 Å². The van der Waals surface area contributed by atoms with Crippen LogP contribution < -0.4 is 0 Å². The zero-order valence-electron chi connectivity index (χ0n) is 39.2. The van der Waals surface area contributed by atoms with Crippen LogP contribution in [0, 0.1) is 0 Å². The molecule has 0 rings (SSSR count). The van der Waals surface area contributed by atoms with Crippen LogP contribution in [0.15, 0.2) is 72.9 Å². The van der Waals surface area contributed by atoms with Crippen molar-refractivity contribution in [3.8, 4) is 0 Å². The number of carbonyl (C=O) groups excluding carboxylic acids is 3. The first-order chi connectivity index (χ1) is 29.5. The first-order valence-electron chi connectivity index (χ1n) is 25.0. The van der Waals surface area contributed by atoms with Gasteiger partial charge in [-0.1, -0.05) is 203 Å². The molecule has 0 aliphatic heterocycles. The lowest BCUT2D eigenvalue weighted by Gasteiger charge is -2.18. The second-order valence-corrected chi connectivity index (χ2v) is 16.4. The molecule has 0 aromatic heterocycles. The number of carbonyl (C=O) groups is 3. The fraction of sp³-hybridized carbons (Fsp3) is 0.722. The number of unbranched alkanes of at least 4 members (excludes halogenated alkanes) is 23. The Morgan fingerprint density at radius 2 is 0.767 bits per heavy atom. The molecular formula is C54H92O6. The predicted molar refractivity (Wildman–Crippen MR) is 256 cm³/mol. The summed E-state index contributed by atoms with van der Waals surface area (Å²) in [6, 6.07) is 0. The second-order valence-electron chi connectivity index (χ2n) is 16.4. The molecule has 0 saturated carbocycles. The monoisotopic (exact) mass is 837 g/mol. The molecule has 6 heteroatoms. The van der Waals surface area contributed by atoms with E-state index in [0.29, 0.717) is 12.8 Å². The van der Waals surface area contributed by atoms with E-state index in [0.717, 1.165) is 77.0 Å². The number of hydrogen-bond acceptors (Lipinski definition) is 6. The van der Waals surface area contributed by atoms with Crippen molar-refractivity contribution >= 4 is 17.9 Å². The summed E-state index contributed by atoms with van der Waals surface area (Å²) in [5, 5.41) is 0. The molecule has 344 valence electrons. The summed E-state index contributed by atoms with van der Waals surface area (Å²) in [5.41, 5.74) is 0. The van der Waals surface area contributed by atoms with Gasteiger partial charge in [-0.25, -0.2) is 0 Å². The Hall–Kier alpha value is -3.15. The van der Waals surface area contributed by atoms with E-state index in [1.807, 2.05) is 6.08 Å². The second kappa shape index (κ2) is 48.5. The Morgan fingerprint density at radius 1 is 0.383 bits per heavy atom. The van der Waals surface area contributed by atoms with E-state index in [1.54, 1.807) is 6.08 Å². The Labute approximate surface area is 370 Å². The summed E-state index contributed by atoms with van der Waals surface area (Å²) in [6.07, 6.45) is 60.6. The van der Waals surface area contributed by atoms with Crippen molar-refractivity contribution in [3.05, 3.63) is 72.9 Å². The summed E-state index contributed by atoms with van der Waals surface area (Å²) in [7, 11) is 0. The van der Waals surface area contributed by atoms with Crippen molar-refractivity contribution in [2.75, 3.05) is 13.2 Å². The third-order valence-electron chi connectivity index (χ3n) is 10.5. The Bertz CT molecular complexity index is 1140.